The minimum absolute atomic E-state index is 0. The highest BCUT2D eigenvalue weighted by Gasteiger charge is 2.27. The molecule has 176 valence electrons. The van der Waals surface area contributed by atoms with E-state index in [9.17, 15) is 15.2 Å². The van der Waals surface area contributed by atoms with Crippen molar-refractivity contribution in [2.45, 2.75) is 0 Å². The Labute approximate surface area is 204 Å². The number of benzene rings is 3. The summed E-state index contributed by atoms with van der Waals surface area (Å²) in [5.41, 5.74) is 6.93. The van der Waals surface area contributed by atoms with E-state index in [1.54, 1.807) is 12.1 Å². The number of anilines is 1. The first-order chi connectivity index (χ1) is 15.8. The Bertz CT molecular complexity index is 1250. The van der Waals surface area contributed by atoms with Crippen molar-refractivity contribution < 1.29 is 22.4 Å². The van der Waals surface area contributed by atoms with E-state index in [0.29, 0.717) is 29.5 Å². The molecule has 0 unspecified atom stereocenters. The summed E-state index contributed by atoms with van der Waals surface area (Å²) in [5.74, 6) is -0.0531. The quantitative estimate of drug-likeness (QED) is 0.116. The van der Waals surface area contributed by atoms with E-state index in [-0.39, 0.29) is 40.9 Å². The van der Waals surface area contributed by atoms with Gasteiger partial charge in [-0.25, -0.2) is 0 Å². The Kier molecular flexibility index (Phi) is 8.66. The van der Waals surface area contributed by atoms with Gasteiger partial charge in [-0.1, -0.05) is 25.8 Å². The average Bonchev–Trinajstić information content (AvgIpc) is 2.79. The summed E-state index contributed by atoms with van der Waals surface area (Å²) in [6.07, 6.45) is 5.57. The van der Waals surface area contributed by atoms with Crippen LogP contribution in [0.15, 0.2) is 96.7 Å². The van der Waals surface area contributed by atoms with Gasteiger partial charge in [-0.3, -0.25) is 14.6 Å². The van der Waals surface area contributed by atoms with Gasteiger partial charge in [-0.15, -0.1) is 5.11 Å². The number of rotatable bonds is 10. The first-order valence-electron chi connectivity index (χ1n) is 10.3. The van der Waals surface area contributed by atoms with Crippen molar-refractivity contribution in [2.24, 2.45) is 10.2 Å². The number of quaternary nitrogens is 1. The van der Waals surface area contributed by atoms with Crippen LogP contribution in [0.4, 0.5) is 28.4 Å². The van der Waals surface area contributed by atoms with E-state index in [1.165, 1.54) is 18.2 Å². The molecule has 0 radical (unpaired) electrons. The van der Waals surface area contributed by atoms with Crippen LogP contribution in [0.3, 0.4) is 0 Å². The fraction of sp³-hybridized carbons (Fsp3) is 0.120. The maximum absolute atomic E-state index is 11.2. The van der Waals surface area contributed by atoms with Crippen LogP contribution in [0, 0.1) is 10.1 Å². The van der Waals surface area contributed by atoms with E-state index in [0.717, 1.165) is 11.1 Å². The molecule has 0 atom stereocenters. The van der Waals surface area contributed by atoms with Crippen molar-refractivity contribution in [3.05, 3.63) is 96.6 Å². The third kappa shape index (κ3) is 5.31. The zero-order valence-corrected chi connectivity index (χ0v) is 19.4. The molecule has 34 heavy (non-hydrogen) atoms. The van der Waals surface area contributed by atoms with Gasteiger partial charge in [0.1, 0.15) is 42.4 Å². The number of nitro benzene ring substituents is 1. The second-order valence-corrected chi connectivity index (χ2v) is 7.60. The molecule has 3 aromatic rings. The lowest BCUT2D eigenvalue weighted by molar-refractivity contribution is -0.383. The SMILES string of the molecule is C=CC[N+](CC=C)(CC=C)c1ccc2ccc(O)c(N=Nc3ccc(N)c([N+](=O)[O-])c3)c2c1.[Cl-]. The summed E-state index contributed by atoms with van der Waals surface area (Å²) >= 11 is 0. The summed E-state index contributed by atoms with van der Waals surface area (Å²) in [6, 6.07) is 13.5. The molecule has 0 aliphatic heterocycles. The van der Waals surface area contributed by atoms with E-state index in [2.05, 4.69) is 30.0 Å². The molecule has 3 rings (SSSR count). The molecule has 0 saturated carbocycles. The maximum atomic E-state index is 11.2. The highest BCUT2D eigenvalue weighted by Crippen LogP contribution is 2.39. The molecule has 3 N–H and O–H groups in total. The van der Waals surface area contributed by atoms with E-state index >= 15 is 0 Å². The van der Waals surface area contributed by atoms with E-state index in [4.69, 9.17) is 5.73 Å². The van der Waals surface area contributed by atoms with Crippen LogP contribution in [0.1, 0.15) is 0 Å². The molecule has 0 bridgehead atoms. The zero-order chi connectivity index (χ0) is 24.0. The Hall–Kier alpha value is -4.01. The monoisotopic (exact) mass is 479 g/mol. The lowest BCUT2D eigenvalue weighted by Crippen LogP contribution is -3.00. The minimum atomic E-state index is -0.577. The summed E-state index contributed by atoms with van der Waals surface area (Å²) in [7, 11) is 0. The number of nitrogens with two attached hydrogens (primary N) is 1. The van der Waals surface area contributed by atoms with Gasteiger partial charge in [0.2, 0.25) is 0 Å². The van der Waals surface area contributed by atoms with Crippen molar-refractivity contribution in [1.82, 2.24) is 4.48 Å². The second-order valence-electron chi connectivity index (χ2n) is 7.60. The van der Waals surface area contributed by atoms with Gasteiger partial charge in [0.25, 0.3) is 5.69 Å². The molecule has 0 fully saturated rings. The Morgan fingerprint density at radius 2 is 1.59 bits per heavy atom. The van der Waals surface area contributed by atoms with E-state index < -0.39 is 4.92 Å². The maximum Gasteiger partial charge on any atom is 0.294 e. The third-order valence-electron chi connectivity index (χ3n) is 5.42. The van der Waals surface area contributed by atoms with Crippen LogP contribution >= 0.6 is 0 Å². The van der Waals surface area contributed by atoms with Gasteiger partial charge in [0.15, 0.2) is 0 Å². The summed E-state index contributed by atoms with van der Waals surface area (Å²) in [6.45, 7) is 13.7. The number of nitrogen functional groups attached to an aromatic ring is 1. The lowest BCUT2D eigenvalue weighted by atomic mass is 10.1. The van der Waals surface area contributed by atoms with Crippen molar-refractivity contribution in [2.75, 3.05) is 25.4 Å². The molecular weight excluding hydrogens is 454 g/mol. The molecule has 0 amide bonds. The number of azo groups is 1. The molecule has 0 saturated heterocycles. The number of phenolic OH excluding ortho intramolecular Hbond substituents is 1. The van der Waals surface area contributed by atoms with Crippen LogP contribution in [-0.2, 0) is 0 Å². The fourth-order valence-corrected chi connectivity index (χ4v) is 3.82. The number of fused-ring (bicyclic) bond motifs is 1. The Morgan fingerprint density at radius 1 is 0.971 bits per heavy atom. The summed E-state index contributed by atoms with van der Waals surface area (Å²) < 4.78 is 0.531. The molecule has 8 nitrogen and oxygen atoms in total. The number of halogens is 1. The largest absolute Gasteiger partial charge is 1.00 e. The number of nitro groups is 1. The molecule has 0 spiro atoms. The Morgan fingerprint density at radius 3 is 2.18 bits per heavy atom. The smallest absolute Gasteiger partial charge is 0.294 e. The van der Waals surface area contributed by atoms with Crippen LogP contribution in [-0.4, -0.2) is 29.7 Å². The summed E-state index contributed by atoms with van der Waals surface area (Å²) in [5, 5.41) is 31.6. The van der Waals surface area contributed by atoms with Crippen molar-refractivity contribution >= 4 is 39.2 Å². The van der Waals surface area contributed by atoms with Gasteiger partial charge in [-0.2, -0.15) is 5.11 Å². The number of hydrogen-bond donors (Lipinski definition) is 2. The number of hydrogen-bond acceptors (Lipinski definition) is 6. The molecule has 9 heteroatoms. The van der Waals surface area contributed by atoms with Gasteiger partial charge in [-0.05, 0) is 53.9 Å². The molecule has 0 aromatic heterocycles. The third-order valence-corrected chi connectivity index (χ3v) is 5.42. The van der Waals surface area contributed by atoms with Crippen molar-refractivity contribution in [3.63, 3.8) is 0 Å². The predicted octanol–water partition coefficient (Wildman–Crippen LogP) is 3.32. The lowest BCUT2D eigenvalue weighted by Gasteiger charge is -2.35. The number of aromatic hydroxyl groups is 1. The van der Waals surface area contributed by atoms with Crippen LogP contribution < -0.4 is 22.6 Å². The zero-order valence-electron chi connectivity index (χ0n) is 18.6. The van der Waals surface area contributed by atoms with Crippen molar-refractivity contribution in [3.8, 4) is 5.75 Å². The van der Waals surface area contributed by atoms with Gasteiger partial charge in [0, 0.05) is 17.5 Å². The number of phenols is 1. The molecular formula is C25H26ClN5O3. The second kappa shape index (κ2) is 11.2. The first kappa shape index (κ1) is 26.2. The highest BCUT2D eigenvalue weighted by molar-refractivity contribution is 5.97. The van der Waals surface area contributed by atoms with Gasteiger partial charge >= 0.3 is 0 Å². The van der Waals surface area contributed by atoms with Crippen molar-refractivity contribution in [1.29, 1.82) is 0 Å². The molecule has 0 heterocycles. The molecule has 0 aliphatic rings. The molecule has 3 aromatic carbocycles. The summed E-state index contributed by atoms with van der Waals surface area (Å²) in [4.78, 5) is 10.6. The Balaban J connectivity index is 0.00000408. The van der Waals surface area contributed by atoms with Gasteiger partial charge in [0.05, 0.1) is 10.6 Å². The average molecular weight is 480 g/mol. The molecule has 0 aliphatic carbocycles. The van der Waals surface area contributed by atoms with Crippen LogP contribution in [0.25, 0.3) is 10.8 Å². The highest BCUT2D eigenvalue weighted by atomic mass is 35.5. The number of nitrogens with zero attached hydrogens (tertiary/aromatic N) is 4. The van der Waals surface area contributed by atoms with Gasteiger partial charge < -0.3 is 23.2 Å². The fourth-order valence-electron chi connectivity index (χ4n) is 3.82. The normalized spacial score (nSPS) is 11.2. The van der Waals surface area contributed by atoms with Crippen LogP contribution in [0.2, 0.25) is 0 Å². The minimum Gasteiger partial charge on any atom is -1.00 e. The van der Waals surface area contributed by atoms with E-state index in [1.807, 2.05) is 36.4 Å². The standard InChI is InChI=1S/C25H25N5O3.ClH/c1-4-13-30(14-5-2,15-6-3)20-10-7-18-8-12-24(31)25(21(18)17-20)28-27-19-9-11-22(26)23(16-19)29(32)33;/h4-12,16-17H,1-3,13-15H2,(H2-,26,27,28,31);1H. The predicted molar refractivity (Wildman–Crippen MR) is 134 cm³/mol. The first-order valence-corrected chi connectivity index (χ1v) is 10.3. The topological polar surface area (TPSA) is 114 Å². The van der Waals surface area contributed by atoms with Crippen LogP contribution in [0.5, 0.6) is 5.75 Å².